The largest absolute Gasteiger partial charge is 0.377 e. The van der Waals surface area contributed by atoms with Crippen LogP contribution >= 0.6 is 0 Å². The molecule has 0 fully saturated rings. The summed E-state index contributed by atoms with van der Waals surface area (Å²) in [5, 5.41) is 3.62. The van der Waals surface area contributed by atoms with Gasteiger partial charge in [0.15, 0.2) is 0 Å². The lowest BCUT2D eigenvalue weighted by Crippen LogP contribution is -2.22. The maximum atomic E-state index is 4.58. The number of aryl methyl sites for hydroxylation is 1. The van der Waals surface area contributed by atoms with Gasteiger partial charge in [-0.3, -0.25) is 0 Å². The number of hydrogen-bond acceptors (Lipinski definition) is 3. The molecule has 2 aromatic rings. The summed E-state index contributed by atoms with van der Waals surface area (Å²) in [6.45, 7) is 6.30. The fourth-order valence-electron chi connectivity index (χ4n) is 3.11. The van der Waals surface area contributed by atoms with Gasteiger partial charge in [-0.15, -0.1) is 0 Å². The standard InChI is InChI=1S/C18H23N3/c1-3-21(4-2)18-12-10-15(13-19-18)20-17-11-9-14-7-5-6-8-16(14)17/h5-8,10,12-13,17,20H,3-4,9,11H2,1-2H3. The molecule has 3 rings (SSSR count). The first-order valence-corrected chi connectivity index (χ1v) is 7.87. The van der Waals surface area contributed by atoms with Crippen molar-refractivity contribution in [2.24, 2.45) is 0 Å². The molecule has 1 aromatic heterocycles. The van der Waals surface area contributed by atoms with Crippen LogP contribution in [0.5, 0.6) is 0 Å². The van der Waals surface area contributed by atoms with Crippen molar-refractivity contribution in [1.82, 2.24) is 4.98 Å². The van der Waals surface area contributed by atoms with E-state index in [2.05, 4.69) is 65.4 Å². The van der Waals surface area contributed by atoms with E-state index in [1.165, 1.54) is 17.5 Å². The smallest absolute Gasteiger partial charge is 0.128 e. The van der Waals surface area contributed by atoms with Gasteiger partial charge in [0.1, 0.15) is 5.82 Å². The molecule has 1 atom stereocenters. The van der Waals surface area contributed by atoms with Crippen molar-refractivity contribution in [3.8, 4) is 0 Å². The molecule has 1 unspecified atom stereocenters. The summed E-state index contributed by atoms with van der Waals surface area (Å²) in [4.78, 5) is 6.84. The lowest BCUT2D eigenvalue weighted by Gasteiger charge is -2.20. The first-order chi connectivity index (χ1) is 10.3. The lowest BCUT2D eigenvalue weighted by molar-refractivity contribution is 0.761. The van der Waals surface area contributed by atoms with E-state index in [0.29, 0.717) is 6.04 Å². The minimum Gasteiger partial charge on any atom is -0.377 e. The van der Waals surface area contributed by atoms with E-state index in [1.54, 1.807) is 0 Å². The second-order valence-corrected chi connectivity index (χ2v) is 5.51. The molecule has 3 heteroatoms. The summed E-state index contributed by atoms with van der Waals surface area (Å²) in [5.41, 5.74) is 4.01. The molecule has 1 aliphatic rings. The maximum absolute atomic E-state index is 4.58. The van der Waals surface area contributed by atoms with Crippen LogP contribution in [-0.2, 0) is 6.42 Å². The minimum absolute atomic E-state index is 0.419. The predicted molar refractivity (Wildman–Crippen MR) is 88.9 cm³/mol. The number of anilines is 2. The maximum Gasteiger partial charge on any atom is 0.128 e. The highest BCUT2D eigenvalue weighted by Crippen LogP contribution is 2.33. The van der Waals surface area contributed by atoms with Crippen molar-refractivity contribution >= 4 is 11.5 Å². The summed E-state index contributed by atoms with van der Waals surface area (Å²) in [5.74, 6) is 1.05. The fourth-order valence-corrected chi connectivity index (χ4v) is 3.11. The van der Waals surface area contributed by atoms with Gasteiger partial charge in [0.05, 0.1) is 17.9 Å². The van der Waals surface area contributed by atoms with Gasteiger partial charge in [0.25, 0.3) is 0 Å². The Morgan fingerprint density at radius 1 is 1.14 bits per heavy atom. The zero-order valence-corrected chi connectivity index (χ0v) is 12.8. The van der Waals surface area contributed by atoms with Gasteiger partial charge in [-0.25, -0.2) is 4.98 Å². The highest BCUT2D eigenvalue weighted by atomic mass is 15.2. The molecule has 0 bridgehead atoms. The Morgan fingerprint density at radius 2 is 1.95 bits per heavy atom. The van der Waals surface area contributed by atoms with Gasteiger partial charge in [-0.2, -0.15) is 0 Å². The molecule has 0 spiro atoms. The Kier molecular flexibility index (Phi) is 4.09. The molecule has 0 radical (unpaired) electrons. The van der Waals surface area contributed by atoms with Gasteiger partial charge < -0.3 is 10.2 Å². The molecule has 1 aliphatic carbocycles. The number of pyridine rings is 1. The molecular weight excluding hydrogens is 258 g/mol. The fraction of sp³-hybridized carbons (Fsp3) is 0.389. The summed E-state index contributed by atoms with van der Waals surface area (Å²) in [7, 11) is 0. The average molecular weight is 281 g/mol. The van der Waals surface area contributed by atoms with Crippen molar-refractivity contribution in [3.63, 3.8) is 0 Å². The van der Waals surface area contributed by atoms with Crippen LogP contribution in [0.25, 0.3) is 0 Å². The van der Waals surface area contributed by atoms with Crippen LogP contribution in [0, 0.1) is 0 Å². The van der Waals surface area contributed by atoms with Gasteiger partial charge in [-0.1, -0.05) is 24.3 Å². The van der Waals surface area contributed by atoms with Gasteiger partial charge in [-0.05, 0) is 49.9 Å². The van der Waals surface area contributed by atoms with Crippen LogP contribution in [0.1, 0.15) is 37.4 Å². The number of fused-ring (bicyclic) bond motifs is 1. The lowest BCUT2D eigenvalue weighted by atomic mass is 10.1. The van der Waals surface area contributed by atoms with Gasteiger partial charge in [0.2, 0.25) is 0 Å². The minimum atomic E-state index is 0.419. The van der Waals surface area contributed by atoms with Crippen LogP contribution in [0.15, 0.2) is 42.6 Å². The third kappa shape index (κ3) is 2.87. The SMILES string of the molecule is CCN(CC)c1ccc(NC2CCc3ccccc32)cn1. The Morgan fingerprint density at radius 3 is 2.67 bits per heavy atom. The summed E-state index contributed by atoms with van der Waals surface area (Å²) in [6.07, 6.45) is 4.28. The van der Waals surface area contributed by atoms with E-state index in [1.807, 2.05) is 6.20 Å². The molecule has 3 nitrogen and oxygen atoms in total. The highest BCUT2D eigenvalue weighted by Gasteiger charge is 2.21. The van der Waals surface area contributed by atoms with E-state index >= 15 is 0 Å². The van der Waals surface area contributed by atoms with Crippen molar-refractivity contribution in [2.75, 3.05) is 23.3 Å². The van der Waals surface area contributed by atoms with Gasteiger partial charge in [0, 0.05) is 13.1 Å². The number of nitrogens with one attached hydrogen (secondary N) is 1. The molecular formula is C18H23N3. The van der Waals surface area contributed by atoms with Crippen LogP contribution in [0.4, 0.5) is 11.5 Å². The molecule has 0 aliphatic heterocycles. The van der Waals surface area contributed by atoms with Crippen LogP contribution in [0.3, 0.4) is 0 Å². The quantitative estimate of drug-likeness (QED) is 0.897. The zero-order valence-electron chi connectivity index (χ0n) is 12.8. The van der Waals surface area contributed by atoms with Crippen LogP contribution in [-0.4, -0.2) is 18.1 Å². The molecule has 110 valence electrons. The molecule has 21 heavy (non-hydrogen) atoms. The Balaban J connectivity index is 1.72. The zero-order chi connectivity index (χ0) is 14.7. The third-order valence-electron chi connectivity index (χ3n) is 4.31. The number of hydrogen-bond donors (Lipinski definition) is 1. The van der Waals surface area contributed by atoms with Gasteiger partial charge >= 0.3 is 0 Å². The Hall–Kier alpha value is -2.03. The first kappa shape index (κ1) is 13.9. The first-order valence-electron chi connectivity index (χ1n) is 7.87. The average Bonchev–Trinajstić information content (AvgIpc) is 2.93. The molecule has 0 amide bonds. The van der Waals surface area contributed by atoms with Crippen molar-refractivity contribution in [1.29, 1.82) is 0 Å². The summed E-state index contributed by atoms with van der Waals surface area (Å²) >= 11 is 0. The number of benzene rings is 1. The second-order valence-electron chi connectivity index (χ2n) is 5.51. The normalized spacial score (nSPS) is 16.6. The van der Waals surface area contributed by atoms with E-state index in [-0.39, 0.29) is 0 Å². The number of rotatable bonds is 5. The van der Waals surface area contributed by atoms with Crippen molar-refractivity contribution in [3.05, 3.63) is 53.7 Å². The van der Waals surface area contributed by atoms with Crippen molar-refractivity contribution < 1.29 is 0 Å². The third-order valence-corrected chi connectivity index (χ3v) is 4.31. The summed E-state index contributed by atoms with van der Waals surface area (Å²) in [6, 6.07) is 13.4. The molecule has 1 N–H and O–H groups in total. The van der Waals surface area contributed by atoms with Crippen LogP contribution < -0.4 is 10.2 Å². The van der Waals surface area contributed by atoms with Crippen LogP contribution in [0.2, 0.25) is 0 Å². The Labute approximate surface area is 127 Å². The second kappa shape index (κ2) is 6.17. The molecule has 0 saturated heterocycles. The monoisotopic (exact) mass is 281 g/mol. The van der Waals surface area contributed by atoms with E-state index < -0.39 is 0 Å². The number of aromatic nitrogens is 1. The predicted octanol–water partition coefficient (Wildman–Crippen LogP) is 4.03. The van der Waals surface area contributed by atoms with E-state index in [9.17, 15) is 0 Å². The topological polar surface area (TPSA) is 28.2 Å². The molecule has 1 aromatic carbocycles. The van der Waals surface area contributed by atoms with E-state index in [4.69, 9.17) is 0 Å². The Bertz CT molecular complexity index is 588. The van der Waals surface area contributed by atoms with E-state index in [0.717, 1.165) is 31.0 Å². The molecule has 0 saturated carbocycles. The summed E-state index contributed by atoms with van der Waals surface area (Å²) < 4.78 is 0. The molecule has 1 heterocycles. The number of nitrogens with zero attached hydrogens (tertiary/aromatic N) is 2. The highest BCUT2D eigenvalue weighted by molar-refractivity contribution is 5.51. The van der Waals surface area contributed by atoms with Crippen molar-refractivity contribution in [2.45, 2.75) is 32.7 Å².